The van der Waals surface area contributed by atoms with E-state index < -0.39 is 29.7 Å². The monoisotopic (exact) mass is 286 g/mol. The lowest BCUT2D eigenvalue weighted by Crippen LogP contribution is -2.46. The molecule has 1 rings (SSSR count). The Labute approximate surface area is 118 Å². The van der Waals surface area contributed by atoms with Gasteiger partial charge in [0.15, 0.2) is 6.04 Å². The average molecular weight is 286 g/mol. The minimum atomic E-state index is -1.04. The Morgan fingerprint density at radius 3 is 2.45 bits per heavy atom. The molecule has 1 aliphatic rings. The van der Waals surface area contributed by atoms with Crippen LogP contribution in [0.5, 0.6) is 0 Å². The van der Waals surface area contributed by atoms with Gasteiger partial charge >= 0.3 is 12.1 Å². The number of carboxylic acid groups (broad SMARTS) is 1. The molecule has 1 heterocycles. The van der Waals surface area contributed by atoms with E-state index in [1.165, 1.54) is 0 Å². The molecular formula is C13H22N2O5. The van der Waals surface area contributed by atoms with E-state index in [1.54, 1.807) is 20.8 Å². The van der Waals surface area contributed by atoms with Crippen LogP contribution in [0, 0.1) is 5.92 Å². The Morgan fingerprint density at radius 2 is 2.05 bits per heavy atom. The number of amides is 1. The van der Waals surface area contributed by atoms with E-state index in [9.17, 15) is 9.59 Å². The van der Waals surface area contributed by atoms with E-state index >= 15 is 0 Å². The van der Waals surface area contributed by atoms with Crippen LogP contribution >= 0.6 is 0 Å². The van der Waals surface area contributed by atoms with Crippen LogP contribution in [0.4, 0.5) is 4.79 Å². The first-order valence-electron chi connectivity index (χ1n) is 6.53. The highest BCUT2D eigenvalue weighted by molar-refractivity contribution is 5.90. The molecule has 20 heavy (non-hydrogen) atoms. The smallest absolute Gasteiger partial charge is 0.408 e. The summed E-state index contributed by atoms with van der Waals surface area (Å²) in [5.74, 6) is -0.813. The molecule has 1 aliphatic heterocycles. The summed E-state index contributed by atoms with van der Waals surface area (Å²) in [4.78, 5) is 26.6. The highest BCUT2D eigenvalue weighted by atomic mass is 16.6. The third-order valence-electron chi connectivity index (χ3n) is 2.56. The van der Waals surface area contributed by atoms with Gasteiger partial charge in [-0.25, -0.2) is 14.6 Å². The summed E-state index contributed by atoms with van der Waals surface area (Å²) in [6.45, 7) is 9.04. The summed E-state index contributed by atoms with van der Waals surface area (Å²) in [6.07, 6.45) is -0.582. The van der Waals surface area contributed by atoms with E-state index in [0.717, 1.165) is 0 Å². The summed E-state index contributed by atoms with van der Waals surface area (Å²) in [7, 11) is 0. The van der Waals surface area contributed by atoms with Crippen LogP contribution < -0.4 is 5.32 Å². The molecule has 0 saturated heterocycles. The number of alkyl carbamates (subject to hydrolysis) is 1. The van der Waals surface area contributed by atoms with Crippen molar-refractivity contribution in [1.29, 1.82) is 0 Å². The third-order valence-corrected chi connectivity index (χ3v) is 2.56. The molecule has 2 N–H and O–H groups in total. The summed E-state index contributed by atoms with van der Waals surface area (Å²) in [5.41, 5.74) is -0.604. The van der Waals surface area contributed by atoms with Crippen molar-refractivity contribution in [2.75, 3.05) is 6.61 Å². The molecule has 114 valence electrons. The number of carbonyl (C=O) groups excluding carboxylic acids is 1. The molecule has 0 saturated carbocycles. The molecule has 0 spiro atoms. The second-order valence-electron chi connectivity index (χ2n) is 6.00. The molecule has 2 unspecified atom stereocenters. The molecule has 0 aromatic carbocycles. The van der Waals surface area contributed by atoms with E-state index in [2.05, 4.69) is 10.3 Å². The summed E-state index contributed by atoms with van der Waals surface area (Å²) in [5, 5.41) is 11.6. The number of carbonyl (C=O) groups is 2. The van der Waals surface area contributed by atoms with Gasteiger partial charge in [0, 0.05) is 0 Å². The van der Waals surface area contributed by atoms with Gasteiger partial charge in [0.2, 0.25) is 5.90 Å². The molecule has 0 bridgehead atoms. The van der Waals surface area contributed by atoms with Gasteiger partial charge in [-0.15, -0.1) is 0 Å². The molecule has 1 amide bonds. The lowest BCUT2D eigenvalue weighted by Gasteiger charge is -2.25. The molecule has 2 atom stereocenters. The number of hydrogen-bond donors (Lipinski definition) is 2. The van der Waals surface area contributed by atoms with Crippen LogP contribution in [0.1, 0.15) is 34.6 Å². The fourth-order valence-corrected chi connectivity index (χ4v) is 1.64. The maximum atomic E-state index is 11.8. The van der Waals surface area contributed by atoms with Gasteiger partial charge in [-0.1, -0.05) is 13.8 Å². The van der Waals surface area contributed by atoms with Gasteiger partial charge in [-0.2, -0.15) is 0 Å². The summed E-state index contributed by atoms with van der Waals surface area (Å²) >= 11 is 0. The number of nitrogens with zero attached hydrogens (tertiary/aromatic N) is 1. The molecule has 7 heteroatoms. The number of aliphatic imine (C=N–C) groups is 1. The zero-order chi connectivity index (χ0) is 15.5. The average Bonchev–Trinajstić information content (AvgIpc) is 2.71. The van der Waals surface area contributed by atoms with Crippen molar-refractivity contribution in [3.8, 4) is 0 Å². The van der Waals surface area contributed by atoms with Crippen LogP contribution in [0.15, 0.2) is 4.99 Å². The Kier molecular flexibility index (Phi) is 4.97. The minimum Gasteiger partial charge on any atom is -0.480 e. The lowest BCUT2D eigenvalue weighted by atomic mass is 10.0. The topological polar surface area (TPSA) is 97.2 Å². The first-order chi connectivity index (χ1) is 9.10. The van der Waals surface area contributed by atoms with Crippen molar-refractivity contribution < 1.29 is 24.2 Å². The van der Waals surface area contributed by atoms with E-state index in [4.69, 9.17) is 14.6 Å². The normalized spacial score (nSPS) is 20.1. The maximum Gasteiger partial charge on any atom is 0.408 e. The van der Waals surface area contributed by atoms with Crippen molar-refractivity contribution in [2.24, 2.45) is 10.9 Å². The lowest BCUT2D eigenvalue weighted by molar-refractivity contribution is -0.138. The fourth-order valence-electron chi connectivity index (χ4n) is 1.64. The summed E-state index contributed by atoms with van der Waals surface area (Å²) < 4.78 is 10.5. The van der Waals surface area contributed by atoms with Gasteiger partial charge in [0.25, 0.3) is 0 Å². The number of rotatable bonds is 4. The van der Waals surface area contributed by atoms with Gasteiger partial charge in [-0.3, -0.25) is 0 Å². The van der Waals surface area contributed by atoms with E-state index in [0.29, 0.717) is 0 Å². The van der Waals surface area contributed by atoms with Gasteiger partial charge in [0.1, 0.15) is 18.2 Å². The molecule has 7 nitrogen and oxygen atoms in total. The van der Waals surface area contributed by atoms with Crippen LogP contribution in [-0.4, -0.2) is 47.4 Å². The van der Waals surface area contributed by atoms with Crippen molar-refractivity contribution in [1.82, 2.24) is 5.32 Å². The zero-order valence-corrected chi connectivity index (χ0v) is 12.5. The van der Waals surface area contributed by atoms with Crippen LogP contribution in [0.3, 0.4) is 0 Å². The number of aliphatic carboxylic acids is 1. The van der Waals surface area contributed by atoms with Crippen LogP contribution in [-0.2, 0) is 14.3 Å². The Balaban J connectivity index is 2.74. The Hall–Kier alpha value is -1.79. The van der Waals surface area contributed by atoms with Crippen molar-refractivity contribution in [2.45, 2.75) is 52.3 Å². The minimum absolute atomic E-state index is 0.00573. The largest absolute Gasteiger partial charge is 0.480 e. The number of hydrogen-bond acceptors (Lipinski definition) is 5. The molecule has 0 radical (unpaired) electrons. The molecule has 0 aromatic heterocycles. The molecular weight excluding hydrogens is 264 g/mol. The number of carboxylic acids is 1. The molecule has 0 aliphatic carbocycles. The highest BCUT2D eigenvalue weighted by Gasteiger charge is 2.33. The zero-order valence-electron chi connectivity index (χ0n) is 12.5. The van der Waals surface area contributed by atoms with Crippen LogP contribution in [0.2, 0.25) is 0 Å². The molecule has 0 fully saturated rings. The van der Waals surface area contributed by atoms with E-state index in [1.807, 2.05) is 13.8 Å². The summed E-state index contributed by atoms with van der Waals surface area (Å²) in [6, 6.07) is -1.42. The van der Waals surface area contributed by atoms with Crippen molar-refractivity contribution in [3.05, 3.63) is 0 Å². The standard InChI is InChI=1S/C13H22N2O5/c1-7(2)9(15-12(18)20-13(3,4)5)10-14-8(6-19-10)11(16)17/h7-9H,6H2,1-5H3,(H,15,18)(H,16,17). The Morgan fingerprint density at radius 1 is 1.45 bits per heavy atom. The van der Waals surface area contributed by atoms with Crippen molar-refractivity contribution >= 4 is 18.0 Å². The first kappa shape index (κ1) is 16.3. The fraction of sp³-hybridized carbons (Fsp3) is 0.769. The second-order valence-corrected chi connectivity index (χ2v) is 6.00. The van der Waals surface area contributed by atoms with Crippen molar-refractivity contribution in [3.63, 3.8) is 0 Å². The predicted molar refractivity (Wildman–Crippen MR) is 72.8 cm³/mol. The van der Waals surface area contributed by atoms with Gasteiger partial charge in [0.05, 0.1) is 0 Å². The molecule has 0 aromatic rings. The number of ether oxygens (including phenoxy) is 2. The van der Waals surface area contributed by atoms with E-state index in [-0.39, 0.29) is 18.4 Å². The number of nitrogens with one attached hydrogen (secondary N) is 1. The van der Waals surface area contributed by atoms with Gasteiger partial charge < -0.3 is 19.9 Å². The predicted octanol–water partition coefficient (Wildman–Crippen LogP) is 1.42. The van der Waals surface area contributed by atoms with Crippen LogP contribution in [0.25, 0.3) is 0 Å². The first-order valence-corrected chi connectivity index (χ1v) is 6.53. The third kappa shape index (κ3) is 4.71. The Bertz CT molecular complexity index is 411. The van der Waals surface area contributed by atoms with Gasteiger partial charge in [-0.05, 0) is 26.7 Å². The quantitative estimate of drug-likeness (QED) is 0.814. The maximum absolute atomic E-state index is 11.8. The SMILES string of the molecule is CC(C)C(NC(=O)OC(C)(C)C)C1=NC(C(=O)O)CO1. The second kappa shape index (κ2) is 6.11. The highest BCUT2D eigenvalue weighted by Crippen LogP contribution is 2.14.